The Morgan fingerprint density at radius 2 is 2.26 bits per heavy atom. The van der Waals surface area contributed by atoms with Crippen molar-refractivity contribution < 1.29 is 4.79 Å². The van der Waals surface area contributed by atoms with Crippen LogP contribution in [0.1, 0.15) is 56.4 Å². The standard InChI is InChI=1S/C15H24N2OS/c1-2-6-12(13-7-5-10-19-13)17-14(18)15(11-16)8-3-4-9-15/h5,7,10,12H,2-4,6,8-9,11,16H2,1H3,(H,17,18). The molecule has 1 aliphatic carbocycles. The van der Waals surface area contributed by atoms with Gasteiger partial charge in [0.15, 0.2) is 0 Å². The zero-order valence-electron chi connectivity index (χ0n) is 11.7. The third-order valence-corrected chi connectivity index (χ3v) is 5.19. The second kappa shape index (κ2) is 6.53. The minimum Gasteiger partial charge on any atom is -0.348 e. The van der Waals surface area contributed by atoms with Crippen molar-refractivity contribution in [2.24, 2.45) is 11.1 Å². The lowest BCUT2D eigenvalue weighted by Gasteiger charge is -2.28. The monoisotopic (exact) mass is 280 g/mol. The van der Waals surface area contributed by atoms with Crippen LogP contribution in [0.5, 0.6) is 0 Å². The molecule has 106 valence electrons. The predicted octanol–water partition coefficient (Wildman–Crippen LogP) is 3.22. The molecule has 1 aromatic rings. The van der Waals surface area contributed by atoms with Crippen LogP contribution >= 0.6 is 11.3 Å². The van der Waals surface area contributed by atoms with Gasteiger partial charge >= 0.3 is 0 Å². The topological polar surface area (TPSA) is 55.1 Å². The number of hydrogen-bond donors (Lipinski definition) is 2. The number of carbonyl (C=O) groups excluding carboxylic acids is 1. The van der Waals surface area contributed by atoms with Crippen molar-refractivity contribution in [3.63, 3.8) is 0 Å². The van der Waals surface area contributed by atoms with Crippen molar-refractivity contribution in [2.45, 2.75) is 51.5 Å². The number of nitrogens with two attached hydrogens (primary N) is 1. The summed E-state index contributed by atoms with van der Waals surface area (Å²) in [5, 5.41) is 5.31. The second-order valence-corrected chi connectivity index (χ2v) is 6.50. The molecule has 0 radical (unpaired) electrons. The van der Waals surface area contributed by atoms with Gasteiger partial charge in [0.05, 0.1) is 11.5 Å². The van der Waals surface area contributed by atoms with E-state index in [1.54, 1.807) is 11.3 Å². The first-order valence-electron chi connectivity index (χ1n) is 7.26. The van der Waals surface area contributed by atoms with Crippen LogP contribution in [0.15, 0.2) is 17.5 Å². The predicted molar refractivity (Wildman–Crippen MR) is 80.1 cm³/mol. The molecular weight excluding hydrogens is 256 g/mol. The van der Waals surface area contributed by atoms with Crippen LogP contribution in [0.2, 0.25) is 0 Å². The Bertz CT molecular complexity index is 396. The van der Waals surface area contributed by atoms with Gasteiger partial charge in [0.1, 0.15) is 0 Å². The van der Waals surface area contributed by atoms with E-state index in [2.05, 4.69) is 23.7 Å². The Hall–Kier alpha value is -0.870. The van der Waals surface area contributed by atoms with E-state index in [4.69, 9.17) is 5.73 Å². The molecule has 3 N–H and O–H groups in total. The van der Waals surface area contributed by atoms with Gasteiger partial charge in [0.25, 0.3) is 0 Å². The lowest BCUT2D eigenvalue weighted by molar-refractivity contribution is -0.131. The molecule has 1 aromatic heterocycles. The van der Waals surface area contributed by atoms with Gasteiger partial charge in [-0.25, -0.2) is 0 Å². The maximum atomic E-state index is 12.6. The second-order valence-electron chi connectivity index (χ2n) is 5.52. The molecule has 1 aliphatic rings. The molecule has 1 fully saturated rings. The molecule has 0 bridgehead atoms. The van der Waals surface area contributed by atoms with Crippen molar-refractivity contribution in [1.29, 1.82) is 0 Å². The number of rotatable bonds is 6. The molecule has 0 aromatic carbocycles. The van der Waals surface area contributed by atoms with Crippen LogP contribution in [0.4, 0.5) is 0 Å². The van der Waals surface area contributed by atoms with E-state index in [0.29, 0.717) is 6.54 Å². The molecule has 1 heterocycles. The Morgan fingerprint density at radius 3 is 2.79 bits per heavy atom. The Labute approximate surface area is 119 Å². The lowest BCUT2D eigenvalue weighted by atomic mass is 9.85. The van der Waals surface area contributed by atoms with Crippen LogP contribution in [0.3, 0.4) is 0 Å². The quantitative estimate of drug-likeness (QED) is 0.840. The van der Waals surface area contributed by atoms with E-state index in [1.807, 2.05) is 6.07 Å². The SMILES string of the molecule is CCCC(NC(=O)C1(CN)CCCC1)c1cccs1. The number of amides is 1. The van der Waals surface area contributed by atoms with Gasteiger partial charge < -0.3 is 11.1 Å². The zero-order chi connectivity index (χ0) is 13.7. The van der Waals surface area contributed by atoms with E-state index >= 15 is 0 Å². The van der Waals surface area contributed by atoms with Crippen molar-refractivity contribution in [3.8, 4) is 0 Å². The summed E-state index contributed by atoms with van der Waals surface area (Å²) in [6, 6.07) is 4.31. The van der Waals surface area contributed by atoms with Crippen molar-refractivity contribution in [2.75, 3.05) is 6.54 Å². The number of carbonyl (C=O) groups is 1. The smallest absolute Gasteiger partial charge is 0.228 e. The summed E-state index contributed by atoms with van der Waals surface area (Å²) in [5.41, 5.74) is 5.58. The van der Waals surface area contributed by atoms with Crippen LogP contribution in [0.25, 0.3) is 0 Å². The molecule has 4 heteroatoms. The summed E-state index contributed by atoms with van der Waals surface area (Å²) in [4.78, 5) is 13.8. The van der Waals surface area contributed by atoms with E-state index in [1.165, 1.54) is 4.88 Å². The van der Waals surface area contributed by atoms with Gasteiger partial charge in [-0.2, -0.15) is 0 Å². The van der Waals surface area contributed by atoms with E-state index in [0.717, 1.165) is 38.5 Å². The molecular formula is C15H24N2OS. The zero-order valence-corrected chi connectivity index (χ0v) is 12.5. The minimum atomic E-state index is -0.302. The summed E-state index contributed by atoms with van der Waals surface area (Å²) in [7, 11) is 0. The maximum absolute atomic E-state index is 12.6. The highest BCUT2D eigenvalue weighted by Gasteiger charge is 2.40. The van der Waals surface area contributed by atoms with Crippen molar-refractivity contribution in [3.05, 3.63) is 22.4 Å². The summed E-state index contributed by atoms with van der Waals surface area (Å²) in [5.74, 6) is 0.166. The molecule has 3 nitrogen and oxygen atoms in total. The molecule has 2 rings (SSSR count). The highest BCUT2D eigenvalue weighted by molar-refractivity contribution is 7.10. The van der Waals surface area contributed by atoms with Crippen LogP contribution < -0.4 is 11.1 Å². The molecule has 0 aliphatic heterocycles. The highest BCUT2D eigenvalue weighted by atomic mass is 32.1. The third kappa shape index (κ3) is 3.18. The first-order valence-corrected chi connectivity index (χ1v) is 8.14. The fourth-order valence-electron chi connectivity index (χ4n) is 2.95. The summed E-state index contributed by atoms with van der Waals surface area (Å²) in [6.07, 6.45) is 6.20. The van der Waals surface area contributed by atoms with E-state index in [9.17, 15) is 4.79 Å². The summed E-state index contributed by atoms with van der Waals surface area (Å²) < 4.78 is 0. The molecule has 0 spiro atoms. The number of thiophene rings is 1. The molecule has 1 saturated carbocycles. The van der Waals surface area contributed by atoms with Crippen molar-refractivity contribution in [1.82, 2.24) is 5.32 Å². The van der Waals surface area contributed by atoms with Crippen LogP contribution in [-0.2, 0) is 4.79 Å². The van der Waals surface area contributed by atoms with Crippen LogP contribution in [-0.4, -0.2) is 12.5 Å². The fraction of sp³-hybridized carbons (Fsp3) is 0.667. The molecule has 0 saturated heterocycles. The summed E-state index contributed by atoms with van der Waals surface area (Å²) in [6.45, 7) is 2.63. The van der Waals surface area contributed by atoms with Crippen molar-refractivity contribution >= 4 is 17.2 Å². The highest BCUT2D eigenvalue weighted by Crippen LogP contribution is 2.38. The van der Waals surface area contributed by atoms with Gasteiger partial charge in [-0.3, -0.25) is 4.79 Å². The maximum Gasteiger partial charge on any atom is 0.228 e. The first-order chi connectivity index (χ1) is 9.22. The van der Waals surface area contributed by atoms with Gasteiger partial charge in [-0.05, 0) is 30.7 Å². The third-order valence-electron chi connectivity index (χ3n) is 4.20. The average molecular weight is 280 g/mol. The average Bonchev–Trinajstić information content (AvgIpc) is 3.10. The Balaban J connectivity index is 2.06. The minimum absolute atomic E-state index is 0.154. The van der Waals surface area contributed by atoms with E-state index < -0.39 is 0 Å². The van der Waals surface area contributed by atoms with Crippen LogP contribution in [0, 0.1) is 5.41 Å². The lowest BCUT2D eigenvalue weighted by Crippen LogP contribution is -2.45. The molecule has 1 unspecified atom stereocenters. The van der Waals surface area contributed by atoms with E-state index in [-0.39, 0.29) is 17.4 Å². The fourth-order valence-corrected chi connectivity index (χ4v) is 3.76. The van der Waals surface area contributed by atoms with Gasteiger partial charge in [-0.15, -0.1) is 11.3 Å². The molecule has 19 heavy (non-hydrogen) atoms. The number of hydrogen-bond acceptors (Lipinski definition) is 3. The normalized spacial score (nSPS) is 19.3. The molecule has 1 amide bonds. The first kappa shape index (κ1) is 14.5. The molecule has 1 atom stereocenters. The van der Waals surface area contributed by atoms with Gasteiger partial charge in [0.2, 0.25) is 5.91 Å². The van der Waals surface area contributed by atoms with Gasteiger partial charge in [0, 0.05) is 11.4 Å². The summed E-state index contributed by atoms with van der Waals surface area (Å²) >= 11 is 1.72. The Morgan fingerprint density at radius 1 is 1.53 bits per heavy atom. The largest absolute Gasteiger partial charge is 0.348 e. The Kier molecular flexibility index (Phi) is 4.99. The number of nitrogens with one attached hydrogen (secondary N) is 1. The van der Waals surface area contributed by atoms with Gasteiger partial charge in [-0.1, -0.05) is 32.3 Å².